The minimum atomic E-state index is -4.44. The lowest BCUT2D eigenvalue weighted by Crippen LogP contribution is -2.50. The van der Waals surface area contributed by atoms with Gasteiger partial charge in [0.25, 0.3) is 5.91 Å². The van der Waals surface area contributed by atoms with Crippen molar-refractivity contribution in [3.05, 3.63) is 29.8 Å². The highest BCUT2D eigenvalue weighted by atomic mass is 35.5. The third-order valence-corrected chi connectivity index (χ3v) is 2.52. The van der Waals surface area contributed by atoms with Crippen molar-refractivity contribution >= 4 is 18.3 Å². The third-order valence-electron chi connectivity index (χ3n) is 2.52. The molecule has 4 nitrogen and oxygen atoms in total. The van der Waals surface area contributed by atoms with Crippen LogP contribution in [-0.4, -0.2) is 24.6 Å². The molecule has 1 amide bonds. The largest absolute Gasteiger partial charge is 0.484 e. The summed E-state index contributed by atoms with van der Waals surface area (Å²) in [7, 11) is 0. The average molecular weight is 327 g/mol. The van der Waals surface area contributed by atoms with Gasteiger partial charge in [0.15, 0.2) is 6.61 Å². The number of nitrogens with one attached hydrogen (secondary N) is 1. The Kier molecular flexibility index (Phi) is 6.99. The number of amides is 1. The fourth-order valence-corrected chi connectivity index (χ4v) is 1.38. The minimum absolute atomic E-state index is 0. The van der Waals surface area contributed by atoms with Crippen molar-refractivity contribution in [1.29, 1.82) is 0 Å². The molecule has 1 rings (SSSR count). The molecule has 0 saturated heterocycles. The molecule has 0 heterocycles. The van der Waals surface area contributed by atoms with Crippen molar-refractivity contribution in [2.45, 2.75) is 25.6 Å². The topological polar surface area (TPSA) is 64.3 Å². The van der Waals surface area contributed by atoms with Gasteiger partial charge in [-0.3, -0.25) is 4.79 Å². The number of hydrogen-bond donors (Lipinski definition) is 2. The number of halogens is 4. The van der Waals surface area contributed by atoms with Gasteiger partial charge in [-0.15, -0.1) is 12.4 Å². The Hall–Kier alpha value is -1.47. The molecule has 0 unspecified atom stereocenters. The van der Waals surface area contributed by atoms with E-state index in [1.54, 1.807) is 13.8 Å². The molecule has 1 aromatic rings. The van der Waals surface area contributed by atoms with Crippen LogP contribution in [0.15, 0.2) is 24.3 Å². The van der Waals surface area contributed by atoms with E-state index in [1.165, 1.54) is 12.1 Å². The molecule has 0 fully saturated rings. The smallest absolute Gasteiger partial charge is 0.416 e. The van der Waals surface area contributed by atoms with Crippen LogP contribution < -0.4 is 15.8 Å². The van der Waals surface area contributed by atoms with E-state index in [1.807, 2.05) is 0 Å². The number of carbonyl (C=O) groups excluding carboxylic acids is 1. The minimum Gasteiger partial charge on any atom is -0.484 e. The Morgan fingerprint density at radius 1 is 1.33 bits per heavy atom. The van der Waals surface area contributed by atoms with E-state index in [9.17, 15) is 18.0 Å². The number of carbonyl (C=O) groups is 1. The van der Waals surface area contributed by atoms with Crippen molar-refractivity contribution in [3.63, 3.8) is 0 Å². The number of hydrogen-bond acceptors (Lipinski definition) is 3. The maximum absolute atomic E-state index is 12.5. The van der Waals surface area contributed by atoms with Crippen LogP contribution in [0.2, 0.25) is 0 Å². The molecule has 0 aliphatic rings. The Morgan fingerprint density at radius 2 is 1.95 bits per heavy atom. The summed E-state index contributed by atoms with van der Waals surface area (Å²) in [5, 5.41) is 2.61. The molecule has 1 aromatic carbocycles. The van der Waals surface area contributed by atoms with Crippen LogP contribution in [0.25, 0.3) is 0 Å². The first-order valence-electron chi connectivity index (χ1n) is 5.95. The van der Waals surface area contributed by atoms with Crippen molar-refractivity contribution in [3.8, 4) is 5.75 Å². The molecule has 0 aromatic heterocycles. The Morgan fingerprint density at radius 3 is 2.48 bits per heavy atom. The lowest BCUT2D eigenvalue weighted by atomic mass is 10.1. The third kappa shape index (κ3) is 6.68. The lowest BCUT2D eigenvalue weighted by Gasteiger charge is -2.24. The van der Waals surface area contributed by atoms with Gasteiger partial charge in [-0.05, 0) is 32.0 Å². The molecule has 0 radical (unpaired) electrons. The fraction of sp³-hybridized carbons (Fsp3) is 0.462. The summed E-state index contributed by atoms with van der Waals surface area (Å²) in [6, 6.07) is 4.36. The number of ether oxygens (including phenoxy) is 1. The zero-order valence-electron chi connectivity index (χ0n) is 11.7. The van der Waals surface area contributed by atoms with E-state index in [4.69, 9.17) is 10.5 Å². The molecule has 3 N–H and O–H groups in total. The fourth-order valence-electron chi connectivity index (χ4n) is 1.38. The SMILES string of the molecule is CC(C)(CN)NC(=O)COc1cccc(C(F)(F)F)c1.Cl. The van der Waals surface area contributed by atoms with Crippen molar-refractivity contribution < 1.29 is 22.7 Å². The summed E-state index contributed by atoms with van der Waals surface area (Å²) in [5.41, 5.74) is 4.04. The summed E-state index contributed by atoms with van der Waals surface area (Å²) in [6.07, 6.45) is -4.44. The molecule has 0 spiro atoms. The van der Waals surface area contributed by atoms with Crippen LogP contribution in [0.4, 0.5) is 13.2 Å². The highest BCUT2D eigenvalue weighted by molar-refractivity contribution is 5.85. The Bertz CT molecular complexity index is 479. The second kappa shape index (κ2) is 7.51. The lowest BCUT2D eigenvalue weighted by molar-refractivity contribution is -0.137. The number of nitrogens with two attached hydrogens (primary N) is 1. The molecular weight excluding hydrogens is 309 g/mol. The molecule has 0 bridgehead atoms. The van der Waals surface area contributed by atoms with Crippen LogP contribution >= 0.6 is 12.4 Å². The monoisotopic (exact) mass is 326 g/mol. The summed E-state index contributed by atoms with van der Waals surface area (Å²) in [6.45, 7) is 3.33. The number of rotatable bonds is 5. The number of alkyl halides is 3. The first kappa shape index (κ1) is 19.5. The van der Waals surface area contributed by atoms with E-state index in [2.05, 4.69) is 5.32 Å². The molecular formula is C13H18ClF3N2O2. The number of benzene rings is 1. The van der Waals surface area contributed by atoms with E-state index >= 15 is 0 Å². The van der Waals surface area contributed by atoms with Gasteiger partial charge >= 0.3 is 6.18 Å². The van der Waals surface area contributed by atoms with Gasteiger partial charge in [-0.25, -0.2) is 0 Å². The van der Waals surface area contributed by atoms with Crippen LogP contribution in [0, 0.1) is 0 Å². The van der Waals surface area contributed by atoms with Crippen LogP contribution in [0.1, 0.15) is 19.4 Å². The highest BCUT2D eigenvalue weighted by Gasteiger charge is 2.30. The zero-order valence-corrected chi connectivity index (χ0v) is 12.5. The first-order valence-corrected chi connectivity index (χ1v) is 5.95. The van der Waals surface area contributed by atoms with Crippen LogP contribution in [0.3, 0.4) is 0 Å². The summed E-state index contributed by atoms with van der Waals surface area (Å²) < 4.78 is 42.5. The van der Waals surface area contributed by atoms with Crippen molar-refractivity contribution in [1.82, 2.24) is 5.32 Å². The molecule has 0 aliphatic carbocycles. The average Bonchev–Trinajstić information content (AvgIpc) is 2.35. The van der Waals surface area contributed by atoms with Gasteiger partial charge in [0.05, 0.1) is 5.56 Å². The highest BCUT2D eigenvalue weighted by Crippen LogP contribution is 2.31. The zero-order chi connectivity index (χ0) is 15.4. The van der Waals surface area contributed by atoms with Crippen molar-refractivity contribution in [2.75, 3.05) is 13.2 Å². The molecule has 21 heavy (non-hydrogen) atoms. The summed E-state index contributed by atoms with van der Waals surface area (Å²) in [4.78, 5) is 11.6. The van der Waals surface area contributed by atoms with E-state index in [-0.39, 0.29) is 31.3 Å². The Balaban J connectivity index is 0.00000400. The summed E-state index contributed by atoms with van der Waals surface area (Å²) in [5.74, 6) is -0.460. The van der Waals surface area contributed by atoms with Gasteiger partial charge < -0.3 is 15.8 Å². The predicted molar refractivity (Wildman–Crippen MR) is 75.5 cm³/mol. The second-order valence-corrected chi connectivity index (χ2v) is 4.95. The second-order valence-electron chi connectivity index (χ2n) is 4.95. The maximum atomic E-state index is 12.5. The van der Waals surface area contributed by atoms with Gasteiger partial charge in [0.1, 0.15) is 5.75 Å². The molecule has 0 aliphatic heterocycles. The van der Waals surface area contributed by atoms with E-state index < -0.39 is 23.2 Å². The van der Waals surface area contributed by atoms with Gasteiger partial charge in [-0.2, -0.15) is 13.2 Å². The van der Waals surface area contributed by atoms with Gasteiger partial charge in [0.2, 0.25) is 0 Å². The summed E-state index contributed by atoms with van der Waals surface area (Å²) >= 11 is 0. The normalized spacial score (nSPS) is 11.5. The molecule has 0 atom stereocenters. The van der Waals surface area contributed by atoms with Gasteiger partial charge in [0, 0.05) is 12.1 Å². The predicted octanol–water partition coefficient (Wildman–Crippen LogP) is 2.36. The standard InChI is InChI=1S/C13H17F3N2O2.ClH/c1-12(2,8-17)18-11(19)7-20-10-5-3-4-9(6-10)13(14,15)16;/h3-6H,7-8,17H2,1-2H3,(H,18,19);1H. The molecule has 0 saturated carbocycles. The van der Waals surface area contributed by atoms with Crippen molar-refractivity contribution in [2.24, 2.45) is 5.73 Å². The Labute approximate surface area is 127 Å². The van der Waals surface area contributed by atoms with E-state index in [0.29, 0.717) is 0 Å². The molecule has 120 valence electrons. The van der Waals surface area contributed by atoms with Crippen LogP contribution in [0.5, 0.6) is 5.75 Å². The van der Waals surface area contributed by atoms with Crippen LogP contribution in [-0.2, 0) is 11.0 Å². The maximum Gasteiger partial charge on any atom is 0.416 e. The first-order chi connectivity index (χ1) is 9.14. The quantitative estimate of drug-likeness (QED) is 0.873. The van der Waals surface area contributed by atoms with E-state index in [0.717, 1.165) is 12.1 Å². The molecule has 8 heteroatoms. The van der Waals surface area contributed by atoms with Gasteiger partial charge in [-0.1, -0.05) is 6.07 Å².